The Morgan fingerprint density at radius 1 is 1.57 bits per heavy atom. The number of benzene rings is 1. The number of rotatable bonds is 2. The number of nitrogens with two attached hydrogens (primary N) is 1. The van der Waals surface area contributed by atoms with Crippen molar-refractivity contribution in [1.82, 2.24) is 0 Å². The fourth-order valence-electron chi connectivity index (χ4n) is 1.22. The number of nitriles is 1. The molecule has 0 spiro atoms. The van der Waals surface area contributed by atoms with Gasteiger partial charge in [0.25, 0.3) is 0 Å². The van der Waals surface area contributed by atoms with Crippen LogP contribution in [-0.2, 0) is 0 Å². The highest BCUT2D eigenvalue weighted by atomic mass is 35.5. The molecule has 0 saturated heterocycles. The second kappa shape index (κ2) is 5.58. The maximum Gasteiger partial charge on any atom is 0.123 e. The normalized spacial score (nSPS) is 11.3. The molecule has 14 heavy (non-hydrogen) atoms. The Morgan fingerprint density at radius 3 is 2.79 bits per heavy atom. The molecular formula is C10H12ClFN2. The van der Waals surface area contributed by atoms with E-state index >= 15 is 0 Å². The average molecular weight is 215 g/mol. The molecule has 1 aromatic rings. The molecule has 2 nitrogen and oxygen atoms in total. The van der Waals surface area contributed by atoms with Crippen molar-refractivity contribution >= 4 is 12.4 Å². The van der Waals surface area contributed by atoms with Crippen LogP contribution in [-0.4, -0.2) is 0 Å². The third kappa shape index (κ3) is 2.99. The number of hydrogen-bond acceptors (Lipinski definition) is 2. The van der Waals surface area contributed by atoms with Gasteiger partial charge in [-0.3, -0.25) is 0 Å². The van der Waals surface area contributed by atoms with Gasteiger partial charge in [0.15, 0.2) is 0 Å². The lowest BCUT2D eigenvalue weighted by Crippen LogP contribution is -2.11. The summed E-state index contributed by atoms with van der Waals surface area (Å²) in [4.78, 5) is 0. The van der Waals surface area contributed by atoms with E-state index in [-0.39, 0.29) is 30.7 Å². The first-order valence-corrected chi connectivity index (χ1v) is 4.03. The molecule has 0 bridgehead atoms. The van der Waals surface area contributed by atoms with Crippen LogP contribution in [0.25, 0.3) is 0 Å². The molecule has 0 aliphatic carbocycles. The van der Waals surface area contributed by atoms with Crippen LogP contribution in [0.15, 0.2) is 18.2 Å². The SMILES string of the molecule is Cc1ccc(F)cc1[C@H](N)CC#N.Cl. The first-order chi connectivity index (χ1) is 6.15. The number of hydrogen-bond donors (Lipinski definition) is 1. The van der Waals surface area contributed by atoms with Gasteiger partial charge >= 0.3 is 0 Å². The molecule has 0 radical (unpaired) electrons. The molecule has 0 aliphatic heterocycles. The summed E-state index contributed by atoms with van der Waals surface area (Å²) in [6, 6.07) is 6.02. The predicted molar refractivity (Wildman–Crippen MR) is 55.5 cm³/mol. The Hall–Kier alpha value is -1.11. The van der Waals surface area contributed by atoms with Gasteiger partial charge in [-0.1, -0.05) is 6.07 Å². The van der Waals surface area contributed by atoms with Gasteiger partial charge in [-0.25, -0.2) is 4.39 Å². The average Bonchev–Trinajstić information content (AvgIpc) is 2.09. The minimum absolute atomic E-state index is 0. The van der Waals surface area contributed by atoms with Crippen LogP contribution in [0.5, 0.6) is 0 Å². The summed E-state index contributed by atoms with van der Waals surface area (Å²) in [6.07, 6.45) is 0.213. The monoisotopic (exact) mass is 214 g/mol. The molecule has 76 valence electrons. The van der Waals surface area contributed by atoms with Crippen molar-refractivity contribution in [3.63, 3.8) is 0 Å². The smallest absolute Gasteiger partial charge is 0.123 e. The Morgan fingerprint density at radius 2 is 2.21 bits per heavy atom. The van der Waals surface area contributed by atoms with Crippen molar-refractivity contribution in [1.29, 1.82) is 5.26 Å². The third-order valence-electron chi connectivity index (χ3n) is 1.95. The van der Waals surface area contributed by atoms with E-state index in [2.05, 4.69) is 0 Å². The summed E-state index contributed by atoms with van der Waals surface area (Å²) in [5.74, 6) is -0.311. The Labute approximate surface area is 88.9 Å². The first kappa shape index (κ1) is 12.9. The molecule has 0 unspecified atom stereocenters. The minimum atomic E-state index is -0.388. The molecular weight excluding hydrogens is 203 g/mol. The zero-order chi connectivity index (χ0) is 9.84. The van der Waals surface area contributed by atoms with E-state index < -0.39 is 0 Å². The summed E-state index contributed by atoms with van der Waals surface area (Å²) in [5.41, 5.74) is 7.32. The molecule has 0 aliphatic rings. The van der Waals surface area contributed by atoms with E-state index in [4.69, 9.17) is 11.0 Å². The summed E-state index contributed by atoms with van der Waals surface area (Å²) >= 11 is 0. The van der Waals surface area contributed by atoms with Crippen LogP contribution >= 0.6 is 12.4 Å². The predicted octanol–water partition coefficient (Wildman–Crippen LogP) is 2.47. The lowest BCUT2D eigenvalue weighted by atomic mass is 10.00. The van der Waals surface area contributed by atoms with Crippen LogP contribution in [0.1, 0.15) is 23.6 Å². The highest BCUT2D eigenvalue weighted by Gasteiger charge is 2.08. The highest BCUT2D eigenvalue weighted by molar-refractivity contribution is 5.85. The summed E-state index contributed by atoms with van der Waals surface area (Å²) in [6.45, 7) is 1.85. The maximum absolute atomic E-state index is 12.8. The van der Waals surface area contributed by atoms with Gasteiger partial charge in [0.05, 0.1) is 12.5 Å². The van der Waals surface area contributed by atoms with Gasteiger partial charge in [0.1, 0.15) is 5.82 Å². The summed E-state index contributed by atoms with van der Waals surface area (Å²) in [7, 11) is 0. The number of aryl methyl sites for hydroxylation is 1. The van der Waals surface area contributed by atoms with E-state index in [1.165, 1.54) is 12.1 Å². The largest absolute Gasteiger partial charge is 0.323 e. The Balaban J connectivity index is 0.00000169. The second-order valence-electron chi connectivity index (χ2n) is 2.97. The summed E-state index contributed by atoms with van der Waals surface area (Å²) in [5, 5.41) is 8.43. The quantitative estimate of drug-likeness (QED) is 0.822. The van der Waals surface area contributed by atoms with E-state index in [9.17, 15) is 4.39 Å². The molecule has 1 aromatic carbocycles. The first-order valence-electron chi connectivity index (χ1n) is 4.03. The van der Waals surface area contributed by atoms with Crippen molar-refractivity contribution in [3.05, 3.63) is 35.1 Å². The molecule has 4 heteroatoms. The van der Waals surface area contributed by atoms with Crippen LogP contribution in [0, 0.1) is 24.1 Å². The Kier molecular flexibility index (Phi) is 5.14. The van der Waals surface area contributed by atoms with Crippen molar-refractivity contribution < 1.29 is 4.39 Å². The van der Waals surface area contributed by atoms with Crippen LogP contribution < -0.4 is 5.73 Å². The molecule has 0 saturated carbocycles. The van der Waals surface area contributed by atoms with Crippen molar-refractivity contribution in [2.24, 2.45) is 5.73 Å². The van der Waals surface area contributed by atoms with Crippen LogP contribution in [0.2, 0.25) is 0 Å². The molecule has 0 aromatic heterocycles. The second-order valence-corrected chi connectivity index (χ2v) is 2.97. The van der Waals surface area contributed by atoms with Crippen LogP contribution in [0.3, 0.4) is 0 Å². The van der Waals surface area contributed by atoms with Crippen molar-refractivity contribution in [2.45, 2.75) is 19.4 Å². The molecule has 0 heterocycles. The third-order valence-corrected chi connectivity index (χ3v) is 1.95. The van der Waals surface area contributed by atoms with Crippen LogP contribution in [0.4, 0.5) is 4.39 Å². The number of halogens is 2. The maximum atomic E-state index is 12.8. The lowest BCUT2D eigenvalue weighted by molar-refractivity contribution is 0.619. The fraction of sp³-hybridized carbons (Fsp3) is 0.300. The van der Waals surface area contributed by atoms with Gasteiger partial charge in [-0.15, -0.1) is 12.4 Å². The van der Waals surface area contributed by atoms with Crippen molar-refractivity contribution in [3.8, 4) is 6.07 Å². The standard InChI is InChI=1S/C10H11FN2.ClH/c1-7-2-3-8(11)6-9(7)10(13)4-5-12;/h2-3,6,10H,4,13H2,1H3;1H/t10-;/m1./s1. The molecule has 1 rings (SSSR count). The van der Waals surface area contributed by atoms with E-state index in [1.807, 2.05) is 13.0 Å². The minimum Gasteiger partial charge on any atom is -0.323 e. The van der Waals surface area contributed by atoms with E-state index in [0.717, 1.165) is 5.56 Å². The number of nitrogens with zero attached hydrogens (tertiary/aromatic N) is 1. The molecule has 1 atom stereocenters. The van der Waals surface area contributed by atoms with E-state index in [1.54, 1.807) is 6.07 Å². The molecule has 0 amide bonds. The Bertz CT molecular complexity index is 346. The zero-order valence-corrected chi connectivity index (χ0v) is 8.64. The zero-order valence-electron chi connectivity index (χ0n) is 7.83. The lowest BCUT2D eigenvalue weighted by Gasteiger charge is -2.10. The van der Waals surface area contributed by atoms with Gasteiger partial charge in [0, 0.05) is 6.04 Å². The fourth-order valence-corrected chi connectivity index (χ4v) is 1.22. The van der Waals surface area contributed by atoms with Crippen molar-refractivity contribution in [2.75, 3.05) is 0 Å². The summed E-state index contributed by atoms with van der Waals surface area (Å²) < 4.78 is 12.8. The van der Waals surface area contributed by atoms with Gasteiger partial charge in [0.2, 0.25) is 0 Å². The van der Waals surface area contributed by atoms with Gasteiger partial charge < -0.3 is 5.73 Å². The van der Waals surface area contributed by atoms with Gasteiger partial charge in [-0.2, -0.15) is 5.26 Å². The van der Waals surface area contributed by atoms with Gasteiger partial charge in [-0.05, 0) is 30.2 Å². The molecule has 0 fully saturated rings. The van der Waals surface area contributed by atoms with E-state index in [0.29, 0.717) is 5.56 Å². The topological polar surface area (TPSA) is 49.8 Å². The molecule has 2 N–H and O–H groups in total. The highest BCUT2D eigenvalue weighted by Crippen LogP contribution is 2.18.